The zero-order valence-corrected chi connectivity index (χ0v) is 9.16. The number of nitrogens with zero attached hydrogens (tertiary/aromatic N) is 1. The van der Waals surface area contributed by atoms with E-state index in [4.69, 9.17) is 0 Å². The molecule has 0 saturated heterocycles. The van der Waals surface area contributed by atoms with Gasteiger partial charge in [-0.1, -0.05) is 25.0 Å². The maximum atomic E-state index is 2.34. The summed E-state index contributed by atoms with van der Waals surface area (Å²) < 4.78 is 0. The third-order valence-electron chi connectivity index (χ3n) is 3.21. The molecule has 0 heterocycles. The van der Waals surface area contributed by atoms with Crippen molar-refractivity contribution in [2.75, 3.05) is 19.0 Å². The van der Waals surface area contributed by atoms with Crippen molar-refractivity contribution in [1.29, 1.82) is 0 Å². The highest BCUT2D eigenvalue weighted by atomic mass is 15.1. The van der Waals surface area contributed by atoms with Crippen LogP contribution in [0.1, 0.15) is 37.2 Å². The standard InChI is InChI=1S/C13H19N/c1-14(2)13-9-5-8-12(10-13)11-6-3-4-7-11/h5,8-11H,3-4,6-7H2,1-2H3. The van der Waals surface area contributed by atoms with Crippen LogP contribution in [0.5, 0.6) is 0 Å². The predicted molar refractivity (Wildman–Crippen MR) is 62.0 cm³/mol. The molecule has 0 bridgehead atoms. The Kier molecular flexibility index (Phi) is 2.76. The SMILES string of the molecule is CN(C)c1cccc(C2CCCC2)c1. The Labute approximate surface area is 86.7 Å². The van der Waals surface area contributed by atoms with Crippen LogP contribution in [0.25, 0.3) is 0 Å². The number of anilines is 1. The fraction of sp³-hybridized carbons (Fsp3) is 0.538. The van der Waals surface area contributed by atoms with Gasteiger partial charge in [-0.05, 0) is 36.5 Å². The fourth-order valence-corrected chi connectivity index (χ4v) is 2.32. The van der Waals surface area contributed by atoms with E-state index in [1.807, 2.05) is 0 Å². The van der Waals surface area contributed by atoms with Crippen LogP contribution in [0, 0.1) is 0 Å². The molecule has 1 aliphatic carbocycles. The minimum absolute atomic E-state index is 0.829. The Morgan fingerprint density at radius 3 is 2.50 bits per heavy atom. The van der Waals surface area contributed by atoms with Crippen molar-refractivity contribution in [1.82, 2.24) is 0 Å². The van der Waals surface area contributed by atoms with Gasteiger partial charge in [0.2, 0.25) is 0 Å². The Bertz CT molecular complexity index is 298. The summed E-state index contributed by atoms with van der Waals surface area (Å²) in [6, 6.07) is 8.99. The molecule has 0 spiro atoms. The minimum atomic E-state index is 0.829. The van der Waals surface area contributed by atoms with Crippen LogP contribution in [-0.2, 0) is 0 Å². The first-order valence-electron chi connectivity index (χ1n) is 5.54. The van der Waals surface area contributed by atoms with Crippen molar-refractivity contribution in [3.63, 3.8) is 0 Å². The van der Waals surface area contributed by atoms with Gasteiger partial charge in [0, 0.05) is 19.8 Å². The van der Waals surface area contributed by atoms with Gasteiger partial charge in [0.05, 0.1) is 0 Å². The van der Waals surface area contributed by atoms with Crippen molar-refractivity contribution in [3.05, 3.63) is 29.8 Å². The van der Waals surface area contributed by atoms with E-state index in [0.717, 1.165) is 5.92 Å². The topological polar surface area (TPSA) is 3.24 Å². The molecular weight excluding hydrogens is 170 g/mol. The number of hydrogen-bond acceptors (Lipinski definition) is 1. The van der Waals surface area contributed by atoms with Gasteiger partial charge in [0.1, 0.15) is 0 Å². The van der Waals surface area contributed by atoms with E-state index < -0.39 is 0 Å². The molecule has 2 rings (SSSR count). The van der Waals surface area contributed by atoms with Gasteiger partial charge < -0.3 is 4.90 Å². The first-order chi connectivity index (χ1) is 6.77. The molecule has 1 nitrogen and oxygen atoms in total. The molecule has 1 saturated carbocycles. The second kappa shape index (κ2) is 4.04. The average molecular weight is 189 g/mol. The van der Waals surface area contributed by atoms with E-state index in [1.54, 1.807) is 0 Å². The second-order valence-corrected chi connectivity index (χ2v) is 4.47. The van der Waals surface area contributed by atoms with Gasteiger partial charge in [-0.25, -0.2) is 0 Å². The molecule has 0 aliphatic heterocycles. The average Bonchev–Trinajstić information content (AvgIpc) is 2.71. The summed E-state index contributed by atoms with van der Waals surface area (Å²) in [7, 11) is 4.21. The Hall–Kier alpha value is -0.980. The van der Waals surface area contributed by atoms with Crippen LogP contribution in [-0.4, -0.2) is 14.1 Å². The lowest BCUT2D eigenvalue weighted by atomic mass is 9.97. The molecule has 0 aromatic heterocycles. The second-order valence-electron chi connectivity index (χ2n) is 4.47. The summed E-state index contributed by atoms with van der Waals surface area (Å²) in [5.74, 6) is 0.829. The molecule has 0 N–H and O–H groups in total. The van der Waals surface area contributed by atoms with Crippen molar-refractivity contribution < 1.29 is 0 Å². The number of benzene rings is 1. The van der Waals surface area contributed by atoms with E-state index >= 15 is 0 Å². The first-order valence-corrected chi connectivity index (χ1v) is 5.54. The molecule has 0 unspecified atom stereocenters. The molecule has 1 aromatic rings. The Balaban J connectivity index is 2.21. The largest absolute Gasteiger partial charge is 0.378 e. The third kappa shape index (κ3) is 1.92. The molecule has 1 aromatic carbocycles. The van der Waals surface area contributed by atoms with E-state index in [0.29, 0.717) is 0 Å². The molecule has 0 radical (unpaired) electrons. The lowest BCUT2D eigenvalue weighted by Crippen LogP contribution is -2.09. The van der Waals surface area contributed by atoms with Crippen molar-refractivity contribution >= 4 is 5.69 Å². The Morgan fingerprint density at radius 1 is 1.14 bits per heavy atom. The van der Waals surface area contributed by atoms with Gasteiger partial charge in [-0.15, -0.1) is 0 Å². The van der Waals surface area contributed by atoms with Crippen molar-refractivity contribution in [2.45, 2.75) is 31.6 Å². The van der Waals surface area contributed by atoms with Gasteiger partial charge >= 0.3 is 0 Å². The summed E-state index contributed by atoms with van der Waals surface area (Å²) in [5, 5.41) is 0. The van der Waals surface area contributed by atoms with Crippen LogP contribution >= 0.6 is 0 Å². The van der Waals surface area contributed by atoms with Crippen LogP contribution in [0.15, 0.2) is 24.3 Å². The quantitative estimate of drug-likeness (QED) is 0.689. The monoisotopic (exact) mass is 189 g/mol. The lowest BCUT2D eigenvalue weighted by molar-refractivity contribution is 0.723. The molecule has 14 heavy (non-hydrogen) atoms. The van der Waals surface area contributed by atoms with Crippen LogP contribution in [0.3, 0.4) is 0 Å². The van der Waals surface area contributed by atoms with E-state index in [2.05, 4.69) is 43.3 Å². The first kappa shape index (κ1) is 9.57. The highest BCUT2D eigenvalue weighted by Gasteiger charge is 2.16. The number of rotatable bonds is 2. The summed E-state index contributed by atoms with van der Waals surface area (Å²) in [4.78, 5) is 2.18. The van der Waals surface area contributed by atoms with Gasteiger partial charge in [0.15, 0.2) is 0 Å². The molecular formula is C13H19N. The molecule has 1 heteroatoms. The minimum Gasteiger partial charge on any atom is -0.378 e. The fourth-order valence-electron chi connectivity index (χ4n) is 2.32. The predicted octanol–water partition coefficient (Wildman–Crippen LogP) is 3.41. The molecule has 0 atom stereocenters. The van der Waals surface area contributed by atoms with Gasteiger partial charge in [-0.2, -0.15) is 0 Å². The van der Waals surface area contributed by atoms with Crippen LogP contribution in [0.2, 0.25) is 0 Å². The van der Waals surface area contributed by atoms with E-state index in [9.17, 15) is 0 Å². The normalized spacial score (nSPS) is 17.3. The Morgan fingerprint density at radius 2 is 1.86 bits per heavy atom. The molecule has 0 amide bonds. The van der Waals surface area contributed by atoms with Crippen molar-refractivity contribution in [2.24, 2.45) is 0 Å². The van der Waals surface area contributed by atoms with Crippen LogP contribution in [0.4, 0.5) is 5.69 Å². The maximum absolute atomic E-state index is 2.34. The van der Waals surface area contributed by atoms with Gasteiger partial charge in [0.25, 0.3) is 0 Å². The smallest absolute Gasteiger partial charge is 0.0363 e. The molecule has 1 aliphatic rings. The third-order valence-corrected chi connectivity index (χ3v) is 3.21. The summed E-state index contributed by atoms with van der Waals surface area (Å²) in [6.07, 6.45) is 5.60. The number of hydrogen-bond donors (Lipinski definition) is 0. The van der Waals surface area contributed by atoms with Gasteiger partial charge in [-0.3, -0.25) is 0 Å². The molecule has 76 valence electrons. The lowest BCUT2D eigenvalue weighted by Gasteiger charge is -2.16. The zero-order chi connectivity index (χ0) is 9.97. The highest BCUT2D eigenvalue weighted by molar-refractivity contribution is 5.48. The van der Waals surface area contributed by atoms with E-state index in [-0.39, 0.29) is 0 Å². The van der Waals surface area contributed by atoms with Crippen molar-refractivity contribution in [3.8, 4) is 0 Å². The molecule has 1 fully saturated rings. The summed E-state index contributed by atoms with van der Waals surface area (Å²) >= 11 is 0. The zero-order valence-electron chi connectivity index (χ0n) is 9.16. The van der Waals surface area contributed by atoms with Crippen LogP contribution < -0.4 is 4.90 Å². The highest BCUT2D eigenvalue weighted by Crippen LogP contribution is 2.35. The van der Waals surface area contributed by atoms with E-state index in [1.165, 1.54) is 36.9 Å². The maximum Gasteiger partial charge on any atom is 0.0363 e. The summed E-state index contributed by atoms with van der Waals surface area (Å²) in [6.45, 7) is 0. The summed E-state index contributed by atoms with van der Waals surface area (Å²) in [5.41, 5.74) is 2.86.